The molecule has 0 saturated carbocycles. The first-order valence-electron chi connectivity index (χ1n) is 24.5. The Labute approximate surface area is 437 Å². The number of benzene rings is 10. The molecule has 0 bridgehead atoms. The first-order chi connectivity index (χ1) is 37.5. The van der Waals surface area contributed by atoms with Crippen molar-refractivity contribution in [2.24, 2.45) is 0 Å². The van der Waals surface area contributed by atoms with Crippen LogP contribution >= 0.6 is 0 Å². The van der Waals surface area contributed by atoms with Gasteiger partial charge in [-0.3, -0.25) is 0 Å². The van der Waals surface area contributed by atoms with Gasteiger partial charge in [-0.1, -0.05) is 152 Å². The van der Waals surface area contributed by atoms with Crippen molar-refractivity contribution >= 4 is 55.0 Å². The zero-order chi connectivity index (χ0) is 51.3. The molecule has 0 unspecified atom stereocenters. The summed E-state index contributed by atoms with van der Waals surface area (Å²) in [7, 11) is 0. The third-order valence-corrected chi connectivity index (χ3v) is 14.1. The Bertz CT molecular complexity index is 4490. The summed E-state index contributed by atoms with van der Waals surface area (Å²) >= 11 is 0. The summed E-state index contributed by atoms with van der Waals surface area (Å²) in [6, 6.07) is 79.3. The van der Waals surface area contributed by atoms with Crippen molar-refractivity contribution in [3.8, 4) is 91.1 Å². The van der Waals surface area contributed by atoms with E-state index in [0.717, 1.165) is 88.5 Å². The minimum atomic E-state index is 0.381. The molecule has 0 aliphatic heterocycles. The number of nitriles is 2. The van der Waals surface area contributed by atoms with E-state index in [1.807, 2.05) is 91.0 Å². The second kappa shape index (κ2) is 18.4. The van der Waals surface area contributed by atoms with Crippen molar-refractivity contribution in [3.63, 3.8) is 0 Å². The number of nitrogens with zero attached hydrogens (tertiary/aromatic N) is 9. The van der Waals surface area contributed by atoms with Gasteiger partial charge in [0.05, 0.1) is 64.2 Å². The van der Waals surface area contributed by atoms with Crippen LogP contribution in [0.3, 0.4) is 0 Å². The van der Waals surface area contributed by atoms with E-state index in [1.54, 1.807) is 24.3 Å². The highest BCUT2D eigenvalue weighted by molar-refractivity contribution is 6.13. The Balaban J connectivity index is 1.10. The highest BCUT2D eigenvalue weighted by Crippen LogP contribution is 2.44. The number of fused-ring (bicyclic) bond motifs is 6. The molecule has 3 heterocycles. The number of aromatic nitrogens is 5. The molecule has 13 aromatic rings. The molecule has 9 nitrogen and oxygen atoms in total. The second-order valence-corrected chi connectivity index (χ2v) is 18.4. The van der Waals surface area contributed by atoms with Gasteiger partial charge in [0.2, 0.25) is 0 Å². The summed E-state index contributed by atoms with van der Waals surface area (Å²) in [5.74, 6) is 1.54. The average Bonchev–Trinajstić information content (AvgIpc) is 4.11. The molecular formula is C67H37N9. The van der Waals surface area contributed by atoms with Gasteiger partial charge in [0, 0.05) is 43.9 Å². The number of para-hydroxylation sites is 2. The minimum absolute atomic E-state index is 0.381. The molecule has 0 radical (unpaired) electrons. The maximum Gasteiger partial charge on any atom is 0.184 e. The molecule has 0 amide bonds. The van der Waals surface area contributed by atoms with E-state index in [2.05, 4.69) is 140 Å². The predicted molar refractivity (Wildman–Crippen MR) is 303 cm³/mol. The fraction of sp³-hybridized carbons (Fsp3) is 0. The third kappa shape index (κ3) is 7.58. The average molecular weight is 968 g/mol. The molecule has 0 saturated heterocycles. The first-order valence-corrected chi connectivity index (χ1v) is 24.5. The molecule has 76 heavy (non-hydrogen) atoms. The van der Waals surface area contributed by atoms with Crippen LogP contribution in [0.15, 0.2) is 224 Å². The van der Waals surface area contributed by atoms with E-state index in [4.69, 9.17) is 28.1 Å². The Kier molecular flexibility index (Phi) is 10.8. The molecule has 0 aliphatic carbocycles. The largest absolute Gasteiger partial charge is 0.309 e. The molecule has 0 aliphatic rings. The number of hydrogen-bond donors (Lipinski definition) is 0. The molecule has 350 valence electrons. The Morgan fingerprint density at radius 2 is 0.934 bits per heavy atom. The number of hydrogen-bond acceptors (Lipinski definition) is 5. The van der Waals surface area contributed by atoms with E-state index >= 15 is 0 Å². The van der Waals surface area contributed by atoms with Crippen LogP contribution in [0.25, 0.3) is 132 Å². The van der Waals surface area contributed by atoms with Crippen molar-refractivity contribution in [2.75, 3.05) is 0 Å². The molecule has 3 aromatic heterocycles. The standard InChI is InChI=1S/C67H37N9/c1-70-50-27-30-53(59(39-50)71-2)48-26-33-62-57(37-48)56-36-47(52-28-22-42(40-68)34-49(52)41-69)25-32-61(56)76(62)63-31-24-45(46-23-29-55-54-20-12-13-21-60(54)75(64(55)38-46)51-18-10-5-11-19-51)35-58(63)67-73-65(43-14-6-3-7-15-43)72-66(74-67)44-16-8-4-9-17-44/h3-39H. The summed E-state index contributed by atoms with van der Waals surface area (Å²) in [5, 5.41) is 24.2. The van der Waals surface area contributed by atoms with Crippen LogP contribution in [-0.2, 0) is 0 Å². The topological polar surface area (TPSA) is 105 Å². The van der Waals surface area contributed by atoms with Crippen LogP contribution in [0.1, 0.15) is 11.1 Å². The smallest absolute Gasteiger partial charge is 0.184 e. The van der Waals surface area contributed by atoms with Gasteiger partial charge < -0.3 is 9.13 Å². The maximum absolute atomic E-state index is 10.3. The van der Waals surface area contributed by atoms with Gasteiger partial charge in [0.25, 0.3) is 0 Å². The van der Waals surface area contributed by atoms with Crippen LogP contribution < -0.4 is 0 Å². The van der Waals surface area contributed by atoms with Gasteiger partial charge in [0.15, 0.2) is 28.8 Å². The van der Waals surface area contributed by atoms with Crippen LogP contribution in [0.2, 0.25) is 0 Å². The quantitative estimate of drug-likeness (QED) is 0.141. The summed E-state index contributed by atoms with van der Waals surface area (Å²) in [6.07, 6.45) is 0. The van der Waals surface area contributed by atoms with E-state index in [1.165, 1.54) is 5.39 Å². The summed E-state index contributed by atoms with van der Waals surface area (Å²) in [5.41, 5.74) is 14.8. The molecule has 0 atom stereocenters. The van der Waals surface area contributed by atoms with Gasteiger partial charge in [-0.25, -0.2) is 24.6 Å². The summed E-state index contributed by atoms with van der Waals surface area (Å²) in [6.45, 7) is 15.7. The molecule has 0 spiro atoms. The number of rotatable bonds is 8. The van der Waals surface area contributed by atoms with E-state index in [-0.39, 0.29) is 0 Å². The predicted octanol–water partition coefficient (Wildman–Crippen LogP) is 16.9. The second-order valence-electron chi connectivity index (χ2n) is 18.4. The van der Waals surface area contributed by atoms with Crippen molar-refractivity contribution in [1.82, 2.24) is 24.1 Å². The zero-order valence-corrected chi connectivity index (χ0v) is 40.4. The summed E-state index contributed by atoms with van der Waals surface area (Å²) in [4.78, 5) is 23.2. The highest BCUT2D eigenvalue weighted by Gasteiger charge is 2.23. The van der Waals surface area contributed by atoms with Gasteiger partial charge in [-0.2, -0.15) is 10.5 Å². The Morgan fingerprint density at radius 1 is 0.368 bits per heavy atom. The normalized spacial score (nSPS) is 11.1. The lowest BCUT2D eigenvalue weighted by Gasteiger charge is -2.17. The Hall–Kier alpha value is -11.2. The van der Waals surface area contributed by atoms with Gasteiger partial charge >= 0.3 is 0 Å². The molecule has 9 heteroatoms. The third-order valence-electron chi connectivity index (χ3n) is 14.1. The van der Waals surface area contributed by atoms with E-state index < -0.39 is 0 Å². The fourth-order valence-electron chi connectivity index (χ4n) is 10.5. The van der Waals surface area contributed by atoms with Gasteiger partial charge in [0.1, 0.15) is 0 Å². The van der Waals surface area contributed by atoms with Crippen molar-refractivity contribution < 1.29 is 0 Å². The lowest BCUT2D eigenvalue weighted by atomic mass is 9.96. The zero-order valence-electron chi connectivity index (χ0n) is 40.4. The van der Waals surface area contributed by atoms with Crippen LogP contribution in [-0.4, -0.2) is 24.1 Å². The van der Waals surface area contributed by atoms with Crippen molar-refractivity contribution in [1.29, 1.82) is 10.5 Å². The minimum Gasteiger partial charge on any atom is -0.309 e. The molecular weight excluding hydrogens is 931 g/mol. The van der Waals surface area contributed by atoms with Crippen LogP contribution in [0, 0.1) is 35.8 Å². The van der Waals surface area contributed by atoms with Crippen LogP contribution in [0.4, 0.5) is 11.4 Å². The maximum atomic E-state index is 10.3. The lowest BCUT2D eigenvalue weighted by Crippen LogP contribution is -2.04. The van der Waals surface area contributed by atoms with E-state index in [9.17, 15) is 10.5 Å². The molecule has 0 N–H and O–H groups in total. The van der Waals surface area contributed by atoms with E-state index in [0.29, 0.717) is 51.1 Å². The monoisotopic (exact) mass is 967 g/mol. The van der Waals surface area contributed by atoms with Gasteiger partial charge in [-0.05, 0) is 106 Å². The molecule has 10 aromatic carbocycles. The first kappa shape index (κ1) is 44.7. The SMILES string of the molecule is [C-]#[N+]c1ccc(-c2ccc3c(c2)c2cc(-c4ccc(C#N)cc4C#N)ccc2n3-c2ccc(-c3ccc4c5ccccc5n(-c5ccccc5)c4c3)cc2-c2nc(-c3ccccc3)nc(-c3ccccc3)n2)c([N+]#[C-])c1. The van der Waals surface area contributed by atoms with Crippen LogP contribution in [0.5, 0.6) is 0 Å². The lowest BCUT2D eigenvalue weighted by molar-refractivity contribution is 1.06. The van der Waals surface area contributed by atoms with Crippen molar-refractivity contribution in [3.05, 3.63) is 258 Å². The fourth-order valence-corrected chi connectivity index (χ4v) is 10.5. The van der Waals surface area contributed by atoms with Crippen molar-refractivity contribution in [2.45, 2.75) is 0 Å². The summed E-state index contributed by atoms with van der Waals surface area (Å²) < 4.78 is 4.57. The van der Waals surface area contributed by atoms with Gasteiger partial charge in [-0.15, -0.1) is 0 Å². The molecule has 13 rings (SSSR count). The Morgan fingerprint density at radius 3 is 1.59 bits per heavy atom. The highest BCUT2D eigenvalue weighted by atomic mass is 15.1. The molecule has 0 fully saturated rings.